The fourth-order valence-corrected chi connectivity index (χ4v) is 1.81. The zero-order valence-corrected chi connectivity index (χ0v) is 11.6. The first kappa shape index (κ1) is 15.0. The topological polar surface area (TPSA) is 38.5 Å². The van der Waals surface area contributed by atoms with E-state index in [1.165, 1.54) is 12.1 Å². The normalized spacial score (nSPS) is 11.3. The Morgan fingerprint density at radius 3 is 2.38 bits per heavy atom. The molecule has 2 rings (SSSR count). The van der Waals surface area contributed by atoms with Crippen molar-refractivity contribution < 1.29 is 17.9 Å². The van der Waals surface area contributed by atoms with Gasteiger partial charge in [0, 0.05) is 31.5 Å². The number of ether oxygens (including phenoxy) is 1. The Labute approximate surface area is 120 Å². The van der Waals surface area contributed by atoms with Gasteiger partial charge in [-0.25, -0.2) is 0 Å². The van der Waals surface area contributed by atoms with Crippen molar-refractivity contribution in [3.8, 4) is 11.5 Å². The summed E-state index contributed by atoms with van der Waals surface area (Å²) < 4.78 is 44.4. The molecule has 0 saturated carbocycles. The van der Waals surface area contributed by atoms with Crippen LogP contribution in [-0.4, -0.2) is 14.1 Å². The van der Waals surface area contributed by atoms with Gasteiger partial charge in [-0.2, -0.15) is 13.2 Å². The molecule has 0 heterocycles. The number of hydrogen-bond donors (Lipinski definition) is 1. The molecule has 21 heavy (non-hydrogen) atoms. The number of halogens is 3. The van der Waals surface area contributed by atoms with Crippen LogP contribution in [-0.2, 0) is 6.18 Å². The Hall–Kier alpha value is -2.37. The first-order valence-corrected chi connectivity index (χ1v) is 6.19. The van der Waals surface area contributed by atoms with Crippen molar-refractivity contribution in [2.45, 2.75) is 6.18 Å². The van der Waals surface area contributed by atoms with Crippen molar-refractivity contribution in [2.75, 3.05) is 24.7 Å². The fraction of sp³-hybridized carbons (Fsp3) is 0.200. The minimum absolute atomic E-state index is 0.0386. The first-order chi connectivity index (χ1) is 9.77. The zero-order chi connectivity index (χ0) is 15.6. The predicted molar refractivity (Wildman–Crippen MR) is 76.7 cm³/mol. The molecule has 0 aliphatic heterocycles. The third-order valence-electron chi connectivity index (χ3n) is 2.87. The van der Waals surface area contributed by atoms with E-state index in [2.05, 4.69) is 0 Å². The smallest absolute Gasteiger partial charge is 0.420 e. The second-order valence-corrected chi connectivity index (χ2v) is 4.75. The van der Waals surface area contributed by atoms with Crippen molar-refractivity contribution in [1.82, 2.24) is 0 Å². The highest BCUT2D eigenvalue weighted by Gasteiger charge is 2.34. The number of nitrogens with zero attached hydrogens (tertiary/aromatic N) is 1. The standard InChI is InChI=1S/C15H15F3N2O/c1-20(2)11-4-3-5-12(9-11)21-14-7-6-10(19)8-13(14)15(16,17)18/h3-9H,19H2,1-2H3. The molecule has 0 aromatic heterocycles. The lowest BCUT2D eigenvalue weighted by Crippen LogP contribution is -2.09. The predicted octanol–water partition coefficient (Wildman–Crippen LogP) is 4.15. The SMILES string of the molecule is CN(C)c1cccc(Oc2ccc(N)cc2C(F)(F)F)c1. The number of alkyl halides is 3. The second-order valence-electron chi connectivity index (χ2n) is 4.75. The lowest BCUT2D eigenvalue weighted by Gasteiger charge is -2.16. The Morgan fingerprint density at radius 2 is 1.76 bits per heavy atom. The van der Waals surface area contributed by atoms with Gasteiger partial charge in [0.05, 0.1) is 0 Å². The summed E-state index contributed by atoms with van der Waals surface area (Å²) in [6.07, 6.45) is -4.52. The molecule has 0 amide bonds. The van der Waals surface area contributed by atoms with E-state index in [1.807, 2.05) is 25.1 Å². The molecular weight excluding hydrogens is 281 g/mol. The second kappa shape index (κ2) is 5.55. The van der Waals surface area contributed by atoms with E-state index in [4.69, 9.17) is 10.5 Å². The molecule has 0 atom stereocenters. The highest BCUT2D eigenvalue weighted by Crippen LogP contribution is 2.39. The van der Waals surface area contributed by atoms with Crippen LogP contribution >= 0.6 is 0 Å². The van der Waals surface area contributed by atoms with E-state index >= 15 is 0 Å². The Kier molecular flexibility index (Phi) is 3.97. The number of anilines is 2. The summed E-state index contributed by atoms with van der Waals surface area (Å²) in [4.78, 5) is 1.83. The maximum atomic E-state index is 13.0. The maximum absolute atomic E-state index is 13.0. The molecule has 0 radical (unpaired) electrons. The summed E-state index contributed by atoms with van der Waals surface area (Å²) >= 11 is 0. The molecule has 0 unspecified atom stereocenters. The molecule has 0 aliphatic carbocycles. The first-order valence-electron chi connectivity index (χ1n) is 6.19. The van der Waals surface area contributed by atoms with E-state index in [0.29, 0.717) is 5.75 Å². The Morgan fingerprint density at radius 1 is 1.05 bits per heavy atom. The van der Waals surface area contributed by atoms with Gasteiger partial charge in [-0.1, -0.05) is 6.07 Å². The summed E-state index contributed by atoms with van der Waals surface area (Å²) in [6, 6.07) is 10.3. The van der Waals surface area contributed by atoms with Gasteiger partial charge in [-0.3, -0.25) is 0 Å². The Bertz CT molecular complexity index is 639. The van der Waals surface area contributed by atoms with Crippen LogP contribution in [0.5, 0.6) is 11.5 Å². The van der Waals surface area contributed by atoms with Crippen molar-refractivity contribution >= 4 is 11.4 Å². The molecular formula is C15H15F3N2O. The molecule has 2 N–H and O–H groups in total. The van der Waals surface area contributed by atoms with Crippen molar-refractivity contribution in [3.63, 3.8) is 0 Å². The van der Waals surface area contributed by atoms with Crippen LogP contribution in [0.25, 0.3) is 0 Å². The lowest BCUT2D eigenvalue weighted by molar-refractivity contribution is -0.138. The minimum atomic E-state index is -4.52. The quantitative estimate of drug-likeness (QED) is 0.865. The lowest BCUT2D eigenvalue weighted by atomic mass is 10.1. The Balaban J connectivity index is 2.38. The largest absolute Gasteiger partial charge is 0.457 e. The van der Waals surface area contributed by atoms with Crippen LogP contribution in [0.15, 0.2) is 42.5 Å². The third-order valence-corrected chi connectivity index (χ3v) is 2.87. The molecule has 2 aromatic carbocycles. The fourth-order valence-electron chi connectivity index (χ4n) is 1.81. The highest BCUT2D eigenvalue weighted by molar-refractivity contribution is 5.53. The van der Waals surface area contributed by atoms with Gasteiger partial charge in [0.2, 0.25) is 0 Å². The van der Waals surface area contributed by atoms with Gasteiger partial charge in [-0.05, 0) is 30.3 Å². The molecule has 6 heteroatoms. The third kappa shape index (κ3) is 3.59. The van der Waals surface area contributed by atoms with Crippen molar-refractivity contribution in [3.05, 3.63) is 48.0 Å². The highest BCUT2D eigenvalue weighted by atomic mass is 19.4. The number of nitrogens with two attached hydrogens (primary N) is 1. The van der Waals surface area contributed by atoms with Gasteiger partial charge in [0.25, 0.3) is 0 Å². The van der Waals surface area contributed by atoms with Gasteiger partial charge >= 0.3 is 6.18 Å². The van der Waals surface area contributed by atoms with Gasteiger partial charge < -0.3 is 15.4 Å². The van der Waals surface area contributed by atoms with E-state index in [1.54, 1.807) is 18.2 Å². The average Bonchev–Trinajstić information content (AvgIpc) is 2.40. The van der Waals surface area contributed by atoms with E-state index in [-0.39, 0.29) is 11.4 Å². The summed E-state index contributed by atoms with van der Waals surface area (Å²) in [7, 11) is 3.67. The molecule has 0 aliphatic rings. The minimum Gasteiger partial charge on any atom is -0.457 e. The number of nitrogen functional groups attached to an aromatic ring is 1. The van der Waals surface area contributed by atoms with Crippen LogP contribution < -0.4 is 15.4 Å². The molecule has 0 fully saturated rings. The summed E-state index contributed by atoms with van der Waals surface area (Å²) in [5.74, 6) is 0.0593. The van der Waals surface area contributed by atoms with E-state index < -0.39 is 11.7 Å². The molecule has 112 valence electrons. The van der Waals surface area contributed by atoms with Crippen molar-refractivity contribution in [2.24, 2.45) is 0 Å². The van der Waals surface area contributed by atoms with Gasteiger partial charge in [0.1, 0.15) is 17.1 Å². The van der Waals surface area contributed by atoms with Crippen LogP contribution in [0.4, 0.5) is 24.5 Å². The van der Waals surface area contributed by atoms with E-state index in [9.17, 15) is 13.2 Å². The summed E-state index contributed by atoms with van der Waals surface area (Å²) in [6.45, 7) is 0. The average molecular weight is 296 g/mol. The van der Waals surface area contributed by atoms with Crippen LogP contribution in [0.1, 0.15) is 5.56 Å². The van der Waals surface area contributed by atoms with Crippen LogP contribution in [0.3, 0.4) is 0 Å². The van der Waals surface area contributed by atoms with Crippen LogP contribution in [0, 0.1) is 0 Å². The van der Waals surface area contributed by atoms with E-state index in [0.717, 1.165) is 11.8 Å². The summed E-state index contributed by atoms with van der Waals surface area (Å²) in [5.41, 5.74) is 5.40. The number of benzene rings is 2. The zero-order valence-electron chi connectivity index (χ0n) is 11.6. The van der Waals surface area contributed by atoms with Crippen molar-refractivity contribution in [1.29, 1.82) is 0 Å². The maximum Gasteiger partial charge on any atom is 0.420 e. The van der Waals surface area contributed by atoms with Crippen LogP contribution in [0.2, 0.25) is 0 Å². The molecule has 0 spiro atoms. The molecule has 0 bridgehead atoms. The number of hydrogen-bond acceptors (Lipinski definition) is 3. The monoisotopic (exact) mass is 296 g/mol. The molecule has 2 aromatic rings. The summed E-state index contributed by atoms with van der Waals surface area (Å²) in [5, 5.41) is 0. The molecule has 3 nitrogen and oxygen atoms in total. The molecule has 0 saturated heterocycles. The number of rotatable bonds is 3. The van der Waals surface area contributed by atoms with Gasteiger partial charge in [-0.15, -0.1) is 0 Å². The van der Waals surface area contributed by atoms with Gasteiger partial charge in [0.15, 0.2) is 0 Å².